The lowest BCUT2D eigenvalue weighted by atomic mass is 9.97. The maximum absolute atomic E-state index is 11.0. The zero-order valence-corrected chi connectivity index (χ0v) is 11.3. The van der Waals surface area contributed by atoms with Gasteiger partial charge < -0.3 is 15.5 Å². The zero-order chi connectivity index (χ0) is 12.5. The van der Waals surface area contributed by atoms with Gasteiger partial charge in [0.05, 0.1) is 0 Å². The molecule has 1 fully saturated rings. The lowest BCUT2D eigenvalue weighted by molar-refractivity contribution is -0.120. The molecule has 17 heavy (non-hydrogen) atoms. The second kappa shape index (κ2) is 8.48. The van der Waals surface area contributed by atoms with Gasteiger partial charge in [-0.2, -0.15) is 0 Å². The van der Waals surface area contributed by atoms with E-state index in [1.807, 2.05) is 0 Å². The van der Waals surface area contributed by atoms with E-state index in [2.05, 4.69) is 22.5 Å². The Balaban J connectivity index is 1.95. The molecule has 1 heterocycles. The van der Waals surface area contributed by atoms with Crippen molar-refractivity contribution in [2.75, 3.05) is 39.8 Å². The number of nitrogens with zero attached hydrogens (tertiary/aromatic N) is 1. The van der Waals surface area contributed by atoms with Crippen LogP contribution in [0.3, 0.4) is 0 Å². The predicted molar refractivity (Wildman–Crippen MR) is 71.0 cm³/mol. The van der Waals surface area contributed by atoms with Gasteiger partial charge in [-0.15, -0.1) is 0 Å². The van der Waals surface area contributed by atoms with Crippen molar-refractivity contribution in [3.05, 3.63) is 0 Å². The topological polar surface area (TPSA) is 44.4 Å². The maximum Gasteiger partial charge on any atom is 0.219 e. The first kappa shape index (κ1) is 14.5. The normalized spacial score (nSPS) is 18.2. The van der Waals surface area contributed by atoms with Crippen molar-refractivity contribution in [1.29, 1.82) is 0 Å². The molecule has 1 rings (SSSR count). The average molecular weight is 241 g/mol. The van der Waals surface area contributed by atoms with Crippen molar-refractivity contribution < 1.29 is 4.79 Å². The number of hydrogen-bond donors (Lipinski definition) is 2. The molecule has 0 unspecified atom stereocenters. The lowest BCUT2D eigenvalue weighted by Crippen LogP contribution is -2.37. The van der Waals surface area contributed by atoms with E-state index in [4.69, 9.17) is 0 Å². The molecular formula is C13H27N3O. The molecule has 0 aromatic heterocycles. The minimum atomic E-state index is 0.142. The van der Waals surface area contributed by atoms with Crippen LogP contribution in [0.4, 0.5) is 0 Å². The van der Waals surface area contributed by atoms with Crippen molar-refractivity contribution in [1.82, 2.24) is 15.5 Å². The van der Waals surface area contributed by atoms with Gasteiger partial charge in [-0.3, -0.25) is 4.79 Å². The van der Waals surface area contributed by atoms with Crippen LogP contribution in [0.2, 0.25) is 0 Å². The molecular weight excluding hydrogens is 214 g/mol. The van der Waals surface area contributed by atoms with Crippen LogP contribution in [-0.2, 0) is 4.79 Å². The third kappa shape index (κ3) is 6.03. The molecule has 0 atom stereocenters. The Bertz CT molecular complexity index is 213. The van der Waals surface area contributed by atoms with Gasteiger partial charge in [-0.05, 0) is 57.9 Å². The Kier molecular flexibility index (Phi) is 7.21. The van der Waals surface area contributed by atoms with E-state index in [0.29, 0.717) is 6.42 Å². The molecule has 1 amide bonds. The van der Waals surface area contributed by atoms with Gasteiger partial charge in [0.15, 0.2) is 0 Å². The van der Waals surface area contributed by atoms with E-state index in [0.717, 1.165) is 25.4 Å². The Hall–Kier alpha value is -0.610. The molecule has 0 aromatic rings. The Morgan fingerprint density at radius 2 is 2.06 bits per heavy atom. The van der Waals surface area contributed by atoms with Gasteiger partial charge in [0.1, 0.15) is 0 Å². The Morgan fingerprint density at radius 1 is 1.35 bits per heavy atom. The molecule has 0 saturated carbocycles. The first-order valence-electron chi connectivity index (χ1n) is 6.90. The summed E-state index contributed by atoms with van der Waals surface area (Å²) in [5, 5.41) is 6.11. The predicted octanol–water partition coefficient (Wildman–Crippen LogP) is 0.834. The van der Waals surface area contributed by atoms with Gasteiger partial charge in [-0.25, -0.2) is 0 Å². The number of carbonyl (C=O) groups is 1. The highest BCUT2D eigenvalue weighted by Gasteiger charge is 2.17. The second-order valence-electron chi connectivity index (χ2n) is 4.86. The lowest BCUT2D eigenvalue weighted by Gasteiger charge is -2.31. The third-order valence-electron chi connectivity index (χ3n) is 3.62. The molecule has 0 radical (unpaired) electrons. The highest BCUT2D eigenvalue weighted by Crippen LogP contribution is 2.15. The number of hydrogen-bond acceptors (Lipinski definition) is 3. The van der Waals surface area contributed by atoms with Crippen LogP contribution >= 0.6 is 0 Å². The van der Waals surface area contributed by atoms with Crippen molar-refractivity contribution in [2.45, 2.75) is 32.6 Å². The Morgan fingerprint density at radius 3 is 2.65 bits per heavy atom. The van der Waals surface area contributed by atoms with Gasteiger partial charge >= 0.3 is 0 Å². The van der Waals surface area contributed by atoms with Crippen LogP contribution in [-0.4, -0.2) is 50.6 Å². The van der Waals surface area contributed by atoms with Crippen LogP contribution in [0.15, 0.2) is 0 Å². The number of carbonyl (C=O) groups excluding carboxylic acids is 1. The standard InChI is InChI=1S/C13H27N3O/c1-3-16-9-6-12(7-10-16)11-15-8-4-5-13(17)14-2/h12,15H,3-11H2,1-2H3,(H,14,17). The summed E-state index contributed by atoms with van der Waals surface area (Å²) in [6, 6.07) is 0. The molecule has 1 aliphatic rings. The monoisotopic (exact) mass is 241 g/mol. The number of nitrogens with one attached hydrogen (secondary N) is 2. The molecule has 4 nitrogen and oxygen atoms in total. The highest BCUT2D eigenvalue weighted by molar-refractivity contribution is 5.75. The van der Waals surface area contributed by atoms with Gasteiger partial charge in [-0.1, -0.05) is 6.92 Å². The van der Waals surface area contributed by atoms with Crippen molar-refractivity contribution in [3.8, 4) is 0 Å². The minimum Gasteiger partial charge on any atom is -0.359 e. The summed E-state index contributed by atoms with van der Waals surface area (Å²) in [4.78, 5) is 13.5. The van der Waals surface area contributed by atoms with Crippen LogP contribution in [0, 0.1) is 5.92 Å². The minimum absolute atomic E-state index is 0.142. The number of amides is 1. The highest BCUT2D eigenvalue weighted by atomic mass is 16.1. The average Bonchev–Trinajstić information content (AvgIpc) is 2.38. The first-order chi connectivity index (χ1) is 8.26. The molecule has 0 spiro atoms. The summed E-state index contributed by atoms with van der Waals surface area (Å²) in [7, 11) is 1.69. The summed E-state index contributed by atoms with van der Waals surface area (Å²) in [5.74, 6) is 0.973. The number of piperidine rings is 1. The molecule has 4 heteroatoms. The molecule has 1 aliphatic heterocycles. The van der Waals surface area contributed by atoms with Crippen LogP contribution in [0.1, 0.15) is 32.6 Å². The SMILES string of the molecule is CCN1CCC(CNCCCC(=O)NC)CC1. The van der Waals surface area contributed by atoms with E-state index in [-0.39, 0.29) is 5.91 Å². The maximum atomic E-state index is 11.0. The number of likely N-dealkylation sites (tertiary alicyclic amines) is 1. The molecule has 0 bridgehead atoms. The quantitative estimate of drug-likeness (QED) is 0.649. The molecule has 2 N–H and O–H groups in total. The summed E-state index contributed by atoms with van der Waals surface area (Å²) in [6.07, 6.45) is 4.21. The molecule has 1 saturated heterocycles. The van der Waals surface area contributed by atoms with E-state index >= 15 is 0 Å². The van der Waals surface area contributed by atoms with Gasteiger partial charge in [0, 0.05) is 13.5 Å². The smallest absolute Gasteiger partial charge is 0.219 e. The zero-order valence-electron chi connectivity index (χ0n) is 11.3. The largest absolute Gasteiger partial charge is 0.359 e. The van der Waals surface area contributed by atoms with Crippen molar-refractivity contribution in [2.24, 2.45) is 5.92 Å². The van der Waals surface area contributed by atoms with E-state index in [1.165, 1.54) is 32.5 Å². The van der Waals surface area contributed by atoms with Crippen molar-refractivity contribution in [3.63, 3.8) is 0 Å². The Labute approximate surface area is 105 Å². The summed E-state index contributed by atoms with van der Waals surface area (Å²) in [5.41, 5.74) is 0. The third-order valence-corrected chi connectivity index (χ3v) is 3.62. The summed E-state index contributed by atoms with van der Waals surface area (Å²) >= 11 is 0. The van der Waals surface area contributed by atoms with E-state index in [1.54, 1.807) is 7.05 Å². The van der Waals surface area contributed by atoms with Crippen LogP contribution < -0.4 is 10.6 Å². The fraction of sp³-hybridized carbons (Fsp3) is 0.923. The molecule has 100 valence electrons. The fourth-order valence-corrected chi connectivity index (χ4v) is 2.31. The summed E-state index contributed by atoms with van der Waals surface area (Å²) < 4.78 is 0. The molecule has 0 aromatic carbocycles. The van der Waals surface area contributed by atoms with Gasteiger partial charge in [0.25, 0.3) is 0 Å². The van der Waals surface area contributed by atoms with Gasteiger partial charge in [0.2, 0.25) is 5.91 Å². The molecule has 0 aliphatic carbocycles. The number of rotatable bonds is 7. The fourth-order valence-electron chi connectivity index (χ4n) is 2.31. The van der Waals surface area contributed by atoms with E-state index in [9.17, 15) is 4.79 Å². The van der Waals surface area contributed by atoms with Crippen LogP contribution in [0.5, 0.6) is 0 Å². The van der Waals surface area contributed by atoms with E-state index < -0.39 is 0 Å². The van der Waals surface area contributed by atoms with Crippen molar-refractivity contribution >= 4 is 5.91 Å². The first-order valence-corrected chi connectivity index (χ1v) is 6.90. The summed E-state index contributed by atoms with van der Waals surface area (Å²) in [6.45, 7) is 8.00. The van der Waals surface area contributed by atoms with Crippen LogP contribution in [0.25, 0.3) is 0 Å². The second-order valence-corrected chi connectivity index (χ2v) is 4.86.